The van der Waals surface area contributed by atoms with Crippen molar-refractivity contribution in [3.8, 4) is 0 Å². The van der Waals surface area contributed by atoms with E-state index in [-0.39, 0.29) is 25.0 Å². The van der Waals surface area contributed by atoms with Crippen LogP contribution >= 0.6 is 23.2 Å². The van der Waals surface area contributed by atoms with E-state index in [4.69, 9.17) is 28.3 Å². The Bertz CT molecular complexity index is 1350. The smallest absolute Gasteiger partial charge is 0.223 e. The molecule has 0 aliphatic carbocycles. The molecule has 0 aliphatic rings. The summed E-state index contributed by atoms with van der Waals surface area (Å²) in [6.45, 7) is 8.44. The molecule has 34 heavy (non-hydrogen) atoms. The minimum absolute atomic E-state index is 0. The lowest BCUT2D eigenvalue weighted by Gasteiger charge is -2.05. The van der Waals surface area contributed by atoms with Gasteiger partial charge in [0, 0.05) is 0 Å². The normalized spacial score (nSPS) is 11.3. The summed E-state index contributed by atoms with van der Waals surface area (Å²) >= 11 is 11.5. The zero-order chi connectivity index (χ0) is 23.6. The number of halogens is 2. The van der Waals surface area contributed by atoms with Crippen molar-refractivity contribution in [3.05, 3.63) is 52.2 Å². The van der Waals surface area contributed by atoms with Gasteiger partial charge in [0.15, 0.2) is 16.4 Å². The molecule has 0 saturated heterocycles. The second kappa shape index (κ2) is 11.9. The minimum atomic E-state index is -3.96. The number of imidazole rings is 2. The van der Waals surface area contributed by atoms with Crippen LogP contribution in [0.1, 0.15) is 53.9 Å². The van der Waals surface area contributed by atoms with Gasteiger partial charge in [-0.15, -0.1) is 0 Å². The average Bonchev–Trinajstić information content (AvgIpc) is 3.18. The molecular formula is C22H33Cl2N7O2S. The van der Waals surface area contributed by atoms with Gasteiger partial charge < -0.3 is 0 Å². The Balaban J connectivity index is 0.000000329. The van der Waals surface area contributed by atoms with E-state index >= 15 is 0 Å². The fraction of sp³-hybridized carbons (Fsp3) is 0.455. The number of aromatic nitrogens is 6. The van der Waals surface area contributed by atoms with Gasteiger partial charge in [-0.25, -0.2) is 28.0 Å². The van der Waals surface area contributed by atoms with Gasteiger partial charge in [-0.05, 0) is 48.9 Å². The van der Waals surface area contributed by atoms with E-state index in [1.165, 1.54) is 4.52 Å². The number of fused-ring (bicyclic) bond motifs is 2. The van der Waals surface area contributed by atoms with Gasteiger partial charge in [0.2, 0.25) is 5.03 Å². The monoisotopic (exact) mass is 529 g/mol. The third kappa shape index (κ3) is 7.36. The number of primary sulfonamides is 1. The van der Waals surface area contributed by atoms with Crippen molar-refractivity contribution in [2.24, 2.45) is 17.0 Å². The van der Waals surface area contributed by atoms with Gasteiger partial charge in [0.25, 0.3) is 10.0 Å². The van der Waals surface area contributed by atoms with Crippen molar-refractivity contribution < 1.29 is 8.42 Å². The standard InChI is InChI=1S/C10H13ClN4O2S.C10H12ClN3.2CH4/c1-6(2)5-7-3-4-8-13-9(11)10(15(8)14-7)18(12,16)17;1-7(2)5-8-3-4-10-12-9(11)6-14(10)13-8;;/h3-4,6H,5H2,1-2H3,(H2,12,16,17);3-4,6-7H,5H2,1-2H3;2*1H4. The van der Waals surface area contributed by atoms with E-state index in [0.29, 0.717) is 22.6 Å². The number of hydrogen-bond donors (Lipinski definition) is 1. The van der Waals surface area contributed by atoms with Crippen LogP contribution in [0.2, 0.25) is 10.3 Å². The number of hydrogen-bond acceptors (Lipinski definition) is 6. The van der Waals surface area contributed by atoms with Gasteiger partial charge in [0.1, 0.15) is 5.15 Å². The number of sulfonamides is 1. The minimum Gasteiger partial charge on any atom is -0.223 e. The molecule has 4 heterocycles. The quantitative estimate of drug-likeness (QED) is 0.384. The van der Waals surface area contributed by atoms with Crippen LogP contribution in [0.5, 0.6) is 0 Å². The molecule has 0 spiro atoms. The van der Waals surface area contributed by atoms with Crippen molar-refractivity contribution in [3.63, 3.8) is 0 Å². The molecule has 2 N–H and O–H groups in total. The molecule has 4 aromatic heterocycles. The molecule has 0 radical (unpaired) electrons. The molecule has 4 rings (SSSR count). The van der Waals surface area contributed by atoms with Crippen LogP contribution < -0.4 is 5.14 Å². The zero-order valence-electron chi connectivity index (χ0n) is 18.2. The van der Waals surface area contributed by atoms with E-state index in [2.05, 4.69) is 34.0 Å². The van der Waals surface area contributed by atoms with Crippen LogP contribution in [0.4, 0.5) is 0 Å². The summed E-state index contributed by atoms with van der Waals surface area (Å²) < 4.78 is 25.8. The van der Waals surface area contributed by atoms with Crippen LogP contribution in [-0.2, 0) is 22.9 Å². The van der Waals surface area contributed by atoms with Crippen molar-refractivity contribution >= 4 is 44.5 Å². The summed E-state index contributed by atoms with van der Waals surface area (Å²) in [5, 5.41) is 13.8. The van der Waals surface area contributed by atoms with Crippen LogP contribution in [-0.4, -0.2) is 37.6 Å². The summed E-state index contributed by atoms with van der Waals surface area (Å²) in [6.07, 6.45) is 3.43. The Labute approximate surface area is 211 Å². The predicted molar refractivity (Wildman–Crippen MR) is 138 cm³/mol. The second-order valence-electron chi connectivity index (χ2n) is 8.23. The van der Waals surface area contributed by atoms with Gasteiger partial charge >= 0.3 is 0 Å². The van der Waals surface area contributed by atoms with E-state index in [1.54, 1.807) is 22.8 Å². The first-order valence-electron chi connectivity index (χ1n) is 10.0. The van der Waals surface area contributed by atoms with Crippen LogP contribution in [0, 0.1) is 11.8 Å². The van der Waals surface area contributed by atoms with Crippen molar-refractivity contribution in [2.75, 3.05) is 0 Å². The van der Waals surface area contributed by atoms with E-state index in [1.807, 2.05) is 26.0 Å². The van der Waals surface area contributed by atoms with Gasteiger partial charge in [-0.2, -0.15) is 14.7 Å². The highest BCUT2D eigenvalue weighted by molar-refractivity contribution is 7.89. The lowest BCUT2D eigenvalue weighted by atomic mass is 10.1. The van der Waals surface area contributed by atoms with Crippen molar-refractivity contribution in [1.82, 2.24) is 29.2 Å². The number of nitrogens with zero attached hydrogens (tertiary/aromatic N) is 6. The van der Waals surface area contributed by atoms with Crippen LogP contribution in [0.3, 0.4) is 0 Å². The molecule has 0 aromatic carbocycles. The molecule has 0 aliphatic heterocycles. The molecule has 0 fully saturated rings. The summed E-state index contributed by atoms with van der Waals surface area (Å²) in [4.78, 5) is 8.01. The lowest BCUT2D eigenvalue weighted by molar-refractivity contribution is 0.586. The summed E-state index contributed by atoms with van der Waals surface area (Å²) in [5.41, 5.74) is 2.98. The van der Waals surface area contributed by atoms with Gasteiger partial charge in [-0.1, -0.05) is 65.8 Å². The SMILES string of the molecule is C.C.CC(C)Cc1ccc2nc(Cl)c(S(N)(=O)=O)n2n1.CC(C)Cc1ccc2nc(Cl)cn2n1. The first-order valence-corrected chi connectivity index (χ1v) is 12.3. The zero-order valence-corrected chi connectivity index (χ0v) is 20.5. The maximum atomic E-state index is 11.5. The Kier molecular flexibility index (Phi) is 10.4. The molecule has 4 aromatic rings. The molecule has 0 saturated carbocycles. The van der Waals surface area contributed by atoms with Gasteiger partial charge in [0.05, 0.1) is 17.6 Å². The third-order valence-electron chi connectivity index (χ3n) is 4.30. The maximum absolute atomic E-state index is 11.5. The largest absolute Gasteiger partial charge is 0.258 e. The molecule has 9 nitrogen and oxygen atoms in total. The first-order chi connectivity index (χ1) is 14.9. The molecule has 0 unspecified atom stereocenters. The topological polar surface area (TPSA) is 121 Å². The maximum Gasteiger partial charge on any atom is 0.258 e. The van der Waals surface area contributed by atoms with Crippen molar-refractivity contribution in [2.45, 2.75) is 60.4 Å². The average molecular weight is 531 g/mol. The highest BCUT2D eigenvalue weighted by Crippen LogP contribution is 2.21. The first kappa shape index (κ1) is 29.8. The van der Waals surface area contributed by atoms with E-state index in [9.17, 15) is 8.42 Å². The fourth-order valence-corrected chi connectivity index (χ4v) is 4.43. The molecule has 0 bridgehead atoms. The lowest BCUT2D eigenvalue weighted by Crippen LogP contribution is -2.16. The summed E-state index contributed by atoms with van der Waals surface area (Å²) in [5.74, 6) is 1.02. The van der Waals surface area contributed by atoms with Crippen LogP contribution in [0.25, 0.3) is 11.3 Å². The predicted octanol–water partition coefficient (Wildman–Crippen LogP) is 5.08. The highest BCUT2D eigenvalue weighted by Gasteiger charge is 2.22. The summed E-state index contributed by atoms with van der Waals surface area (Å²) in [7, 11) is -3.96. The highest BCUT2D eigenvalue weighted by atomic mass is 35.5. The third-order valence-corrected chi connectivity index (χ3v) is 5.76. The summed E-state index contributed by atoms with van der Waals surface area (Å²) in [6, 6.07) is 7.41. The Morgan fingerprint density at radius 2 is 1.41 bits per heavy atom. The Morgan fingerprint density at radius 3 is 1.94 bits per heavy atom. The number of rotatable bonds is 5. The molecular weight excluding hydrogens is 497 g/mol. The Morgan fingerprint density at radius 1 is 0.882 bits per heavy atom. The molecule has 12 heteroatoms. The van der Waals surface area contributed by atoms with Crippen LogP contribution in [0.15, 0.2) is 35.5 Å². The van der Waals surface area contributed by atoms with Crippen molar-refractivity contribution in [1.29, 1.82) is 0 Å². The fourth-order valence-electron chi connectivity index (χ4n) is 3.11. The van der Waals surface area contributed by atoms with E-state index < -0.39 is 10.0 Å². The number of nitrogens with two attached hydrogens (primary N) is 1. The molecule has 0 atom stereocenters. The van der Waals surface area contributed by atoms with Gasteiger partial charge in [-0.3, -0.25) is 0 Å². The second-order valence-corrected chi connectivity index (χ2v) is 10.5. The Hall–Kier alpha value is -2.27. The molecule has 0 amide bonds. The molecule has 188 valence electrons. The van der Waals surface area contributed by atoms with E-state index in [0.717, 1.165) is 29.9 Å².